The van der Waals surface area contributed by atoms with Crippen LogP contribution < -0.4 is 4.74 Å². The van der Waals surface area contributed by atoms with Gasteiger partial charge >= 0.3 is 0 Å². The van der Waals surface area contributed by atoms with Crippen molar-refractivity contribution in [1.29, 1.82) is 0 Å². The van der Waals surface area contributed by atoms with Gasteiger partial charge in [-0.1, -0.05) is 30.9 Å². The van der Waals surface area contributed by atoms with Gasteiger partial charge in [0.15, 0.2) is 5.78 Å². The second-order valence-electron chi connectivity index (χ2n) is 4.24. The summed E-state index contributed by atoms with van der Waals surface area (Å²) in [5.74, 6) is 0.638. The van der Waals surface area contributed by atoms with Gasteiger partial charge in [-0.25, -0.2) is 0 Å². The molecule has 0 fully saturated rings. The number of ether oxygens (including phenoxy) is 1. The fourth-order valence-corrected chi connectivity index (χ4v) is 1.71. The first kappa shape index (κ1) is 13.8. The Bertz CT molecular complexity index is 641. The first-order valence-electron chi connectivity index (χ1n) is 6.24. The van der Waals surface area contributed by atoms with Crippen molar-refractivity contribution in [3.8, 4) is 5.75 Å². The maximum Gasteiger partial charge on any atom is 0.189 e. The third kappa shape index (κ3) is 3.45. The summed E-state index contributed by atoms with van der Waals surface area (Å²) in [6, 6.07) is 7.54. The molecule has 0 amide bonds. The van der Waals surface area contributed by atoms with Gasteiger partial charge in [-0.05, 0) is 18.2 Å². The van der Waals surface area contributed by atoms with Crippen LogP contribution in [0.1, 0.15) is 15.9 Å². The molecule has 0 aliphatic rings. The molecule has 0 radical (unpaired) electrons. The average Bonchev–Trinajstić information content (AvgIpc) is 2.90. The first-order chi connectivity index (χ1) is 9.70. The van der Waals surface area contributed by atoms with Crippen LogP contribution in [0.15, 0.2) is 55.4 Å². The third-order valence-corrected chi connectivity index (χ3v) is 2.68. The minimum atomic E-state index is -0.0865. The Balaban J connectivity index is 2.14. The second kappa shape index (κ2) is 6.52. The van der Waals surface area contributed by atoms with Gasteiger partial charge in [-0.15, -0.1) is 0 Å². The van der Waals surface area contributed by atoms with Crippen molar-refractivity contribution in [2.24, 2.45) is 7.05 Å². The highest BCUT2D eigenvalue weighted by Gasteiger charge is 2.05. The Hall–Kier alpha value is -2.62. The largest absolute Gasteiger partial charge is 0.489 e. The molecule has 0 saturated heterocycles. The monoisotopic (exact) mass is 268 g/mol. The van der Waals surface area contributed by atoms with Crippen molar-refractivity contribution < 1.29 is 9.53 Å². The maximum absolute atomic E-state index is 12.0. The third-order valence-electron chi connectivity index (χ3n) is 2.68. The van der Waals surface area contributed by atoms with E-state index >= 15 is 0 Å². The van der Waals surface area contributed by atoms with E-state index in [0.29, 0.717) is 12.2 Å². The molecule has 1 aromatic carbocycles. The van der Waals surface area contributed by atoms with Crippen LogP contribution >= 0.6 is 0 Å². The zero-order valence-electron chi connectivity index (χ0n) is 11.3. The Labute approximate surface area is 118 Å². The lowest BCUT2D eigenvalue weighted by molar-refractivity contribution is 0.104. The number of aryl methyl sites for hydroxylation is 1. The van der Waals surface area contributed by atoms with Crippen LogP contribution in [0, 0.1) is 0 Å². The van der Waals surface area contributed by atoms with Gasteiger partial charge in [0, 0.05) is 18.8 Å². The molecular formula is C16H16N2O2. The van der Waals surface area contributed by atoms with Crippen molar-refractivity contribution in [2.45, 2.75) is 0 Å². The van der Waals surface area contributed by atoms with Gasteiger partial charge in [0.2, 0.25) is 0 Å². The molecule has 0 spiro atoms. The predicted molar refractivity (Wildman–Crippen MR) is 78.7 cm³/mol. The fourth-order valence-electron chi connectivity index (χ4n) is 1.71. The van der Waals surface area contributed by atoms with E-state index in [9.17, 15) is 4.79 Å². The smallest absolute Gasteiger partial charge is 0.189 e. The second-order valence-corrected chi connectivity index (χ2v) is 4.24. The molecule has 20 heavy (non-hydrogen) atoms. The van der Waals surface area contributed by atoms with Crippen LogP contribution in [0.3, 0.4) is 0 Å². The Kier molecular flexibility index (Phi) is 4.50. The predicted octanol–water partition coefficient (Wildman–Crippen LogP) is 2.88. The topological polar surface area (TPSA) is 44.1 Å². The Morgan fingerprint density at radius 1 is 1.45 bits per heavy atom. The van der Waals surface area contributed by atoms with Crippen LogP contribution in [-0.2, 0) is 7.05 Å². The highest BCUT2D eigenvalue weighted by molar-refractivity contribution is 6.06. The molecule has 0 bridgehead atoms. The van der Waals surface area contributed by atoms with Gasteiger partial charge < -0.3 is 4.74 Å². The molecule has 0 aliphatic heterocycles. The quantitative estimate of drug-likeness (QED) is 0.459. The van der Waals surface area contributed by atoms with E-state index in [1.807, 2.05) is 24.3 Å². The lowest BCUT2D eigenvalue weighted by atomic mass is 10.1. The highest BCUT2D eigenvalue weighted by atomic mass is 16.5. The standard InChI is InChI=1S/C16H16N2O2/c1-3-10-20-16-7-5-4-6-13(16)8-9-15(19)14-11-17-18(2)12-14/h3-9,11-12H,1,10H2,2H3/b9-8+. The van der Waals surface area contributed by atoms with Gasteiger partial charge in [0.05, 0.1) is 11.8 Å². The minimum Gasteiger partial charge on any atom is -0.489 e. The van der Waals surface area contributed by atoms with Gasteiger partial charge in [-0.3, -0.25) is 9.48 Å². The highest BCUT2D eigenvalue weighted by Crippen LogP contribution is 2.19. The number of nitrogens with zero attached hydrogens (tertiary/aromatic N) is 2. The summed E-state index contributed by atoms with van der Waals surface area (Å²) in [5, 5.41) is 3.98. The summed E-state index contributed by atoms with van der Waals surface area (Å²) in [5.41, 5.74) is 1.42. The normalized spacial score (nSPS) is 10.7. The van der Waals surface area contributed by atoms with Gasteiger partial charge in [-0.2, -0.15) is 5.10 Å². The molecule has 4 nitrogen and oxygen atoms in total. The summed E-state index contributed by atoms with van der Waals surface area (Å²) in [7, 11) is 1.78. The molecule has 2 aromatic rings. The number of hydrogen-bond donors (Lipinski definition) is 0. The molecule has 1 heterocycles. The van der Waals surface area contributed by atoms with E-state index in [4.69, 9.17) is 4.74 Å². The SMILES string of the molecule is C=CCOc1ccccc1/C=C/C(=O)c1cnn(C)c1. The number of ketones is 1. The Morgan fingerprint density at radius 3 is 2.95 bits per heavy atom. The van der Waals surface area contributed by atoms with Crippen LogP contribution in [0.25, 0.3) is 6.08 Å². The summed E-state index contributed by atoms with van der Waals surface area (Å²) >= 11 is 0. The lowest BCUT2D eigenvalue weighted by Crippen LogP contribution is -1.95. The fraction of sp³-hybridized carbons (Fsp3) is 0.125. The average molecular weight is 268 g/mol. The van der Waals surface area contributed by atoms with Crippen molar-refractivity contribution in [1.82, 2.24) is 9.78 Å². The van der Waals surface area contributed by atoms with E-state index in [1.165, 1.54) is 6.08 Å². The van der Waals surface area contributed by atoms with E-state index in [0.717, 1.165) is 11.3 Å². The number of carbonyl (C=O) groups is 1. The van der Waals surface area contributed by atoms with Crippen molar-refractivity contribution in [2.75, 3.05) is 6.61 Å². The van der Waals surface area contributed by atoms with Gasteiger partial charge in [0.25, 0.3) is 0 Å². The zero-order chi connectivity index (χ0) is 14.4. The number of para-hydroxylation sites is 1. The molecule has 1 aromatic heterocycles. The molecule has 0 aliphatic carbocycles. The number of benzene rings is 1. The van der Waals surface area contributed by atoms with Gasteiger partial charge in [0.1, 0.15) is 12.4 Å². The lowest BCUT2D eigenvalue weighted by Gasteiger charge is -2.06. The molecule has 0 unspecified atom stereocenters. The van der Waals surface area contributed by atoms with Crippen molar-refractivity contribution in [3.63, 3.8) is 0 Å². The summed E-state index contributed by atoms with van der Waals surface area (Å²) in [6.07, 6.45) is 8.18. The number of carbonyl (C=O) groups excluding carboxylic acids is 1. The van der Waals surface area contributed by atoms with Crippen molar-refractivity contribution >= 4 is 11.9 Å². The molecular weight excluding hydrogens is 252 g/mol. The van der Waals surface area contributed by atoms with Crippen LogP contribution in [0.5, 0.6) is 5.75 Å². The van der Waals surface area contributed by atoms with E-state index in [1.54, 1.807) is 36.3 Å². The zero-order valence-corrected chi connectivity index (χ0v) is 11.3. The van der Waals surface area contributed by atoms with Crippen LogP contribution in [0.2, 0.25) is 0 Å². The first-order valence-corrected chi connectivity index (χ1v) is 6.24. The maximum atomic E-state index is 12.0. The summed E-state index contributed by atoms with van der Waals surface area (Å²) < 4.78 is 7.13. The molecule has 0 N–H and O–H groups in total. The van der Waals surface area contributed by atoms with E-state index < -0.39 is 0 Å². The molecule has 0 saturated carbocycles. The van der Waals surface area contributed by atoms with E-state index in [2.05, 4.69) is 11.7 Å². The minimum absolute atomic E-state index is 0.0865. The Morgan fingerprint density at radius 2 is 2.25 bits per heavy atom. The number of aromatic nitrogens is 2. The summed E-state index contributed by atoms with van der Waals surface area (Å²) in [4.78, 5) is 12.0. The molecule has 0 atom stereocenters. The number of rotatable bonds is 6. The molecule has 102 valence electrons. The van der Waals surface area contributed by atoms with E-state index in [-0.39, 0.29) is 5.78 Å². The molecule has 4 heteroatoms. The molecule has 2 rings (SSSR count). The number of allylic oxidation sites excluding steroid dienone is 1. The van der Waals surface area contributed by atoms with Crippen molar-refractivity contribution in [3.05, 3.63) is 66.5 Å². The van der Waals surface area contributed by atoms with Crippen LogP contribution in [-0.4, -0.2) is 22.2 Å². The number of hydrogen-bond acceptors (Lipinski definition) is 3. The summed E-state index contributed by atoms with van der Waals surface area (Å²) in [6.45, 7) is 4.05. The van der Waals surface area contributed by atoms with Crippen LogP contribution in [0.4, 0.5) is 0 Å².